The molecule has 5 heteroatoms. The molecule has 0 aliphatic heterocycles. The Balaban J connectivity index is 2.59. The van der Waals surface area contributed by atoms with E-state index in [9.17, 15) is 8.42 Å². The van der Waals surface area contributed by atoms with Crippen molar-refractivity contribution in [3.8, 4) is 0 Å². The molecule has 1 rings (SSSR count). The first-order valence-corrected chi connectivity index (χ1v) is 6.55. The Labute approximate surface area is 94.8 Å². The Morgan fingerprint density at radius 3 is 2.33 bits per heavy atom. The van der Waals surface area contributed by atoms with Crippen LogP contribution in [0, 0.1) is 5.92 Å². The Hall–Kier alpha value is -0.580. The summed E-state index contributed by atoms with van der Waals surface area (Å²) in [5, 5.41) is 0.654. The van der Waals surface area contributed by atoms with Crippen molar-refractivity contribution in [2.75, 3.05) is 5.75 Å². The molecule has 15 heavy (non-hydrogen) atoms. The first-order valence-electron chi connectivity index (χ1n) is 4.56. The molecule has 0 heterocycles. The average Bonchev–Trinajstić information content (AvgIpc) is 2.05. The summed E-state index contributed by atoms with van der Waals surface area (Å²) in [6.45, 7) is 1.78. The van der Waals surface area contributed by atoms with Crippen molar-refractivity contribution in [2.45, 2.75) is 13.3 Å². The fourth-order valence-corrected chi connectivity index (χ4v) is 2.40. The Bertz CT molecular complexity index is 411. The molecule has 0 aromatic heterocycles. The predicted molar refractivity (Wildman–Crippen MR) is 60.7 cm³/mol. The van der Waals surface area contributed by atoms with Gasteiger partial charge in [0.1, 0.15) is 0 Å². The maximum atomic E-state index is 10.6. The molecule has 0 spiro atoms. The van der Waals surface area contributed by atoms with Crippen molar-refractivity contribution in [3.63, 3.8) is 0 Å². The van der Waals surface area contributed by atoms with Crippen molar-refractivity contribution in [2.24, 2.45) is 5.92 Å². The maximum Gasteiger partial charge on any atom is 0.265 e. The zero-order chi connectivity index (χ0) is 11.5. The van der Waals surface area contributed by atoms with Crippen LogP contribution in [-0.2, 0) is 16.5 Å². The van der Waals surface area contributed by atoms with Crippen molar-refractivity contribution >= 4 is 21.7 Å². The molecule has 1 N–H and O–H groups in total. The van der Waals surface area contributed by atoms with Crippen LogP contribution in [0.2, 0.25) is 5.02 Å². The fourth-order valence-electron chi connectivity index (χ4n) is 1.44. The third kappa shape index (κ3) is 5.16. The summed E-state index contributed by atoms with van der Waals surface area (Å²) < 4.78 is 29.9. The van der Waals surface area contributed by atoms with Crippen LogP contribution in [0.15, 0.2) is 24.3 Å². The van der Waals surface area contributed by atoms with Gasteiger partial charge in [-0.15, -0.1) is 0 Å². The lowest BCUT2D eigenvalue weighted by Gasteiger charge is -2.09. The summed E-state index contributed by atoms with van der Waals surface area (Å²) in [6.07, 6.45) is 0.608. The summed E-state index contributed by atoms with van der Waals surface area (Å²) in [6, 6.07) is 7.22. The van der Waals surface area contributed by atoms with Crippen LogP contribution in [0.5, 0.6) is 0 Å². The van der Waals surface area contributed by atoms with E-state index in [0.29, 0.717) is 11.4 Å². The maximum absolute atomic E-state index is 10.6. The van der Waals surface area contributed by atoms with Gasteiger partial charge in [0.25, 0.3) is 10.1 Å². The van der Waals surface area contributed by atoms with E-state index in [-0.39, 0.29) is 11.7 Å². The highest BCUT2D eigenvalue weighted by molar-refractivity contribution is 7.85. The second-order valence-electron chi connectivity index (χ2n) is 3.68. The molecule has 1 aromatic rings. The number of rotatable bonds is 4. The van der Waals surface area contributed by atoms with Crippen molar-refractivity contribution in [1.82, 2.24) is 0 Å². The molecule has 1 atom stereocenters. The van der Waals surface area contributed by atoms with E-state index in [1.54, 1.807) is 19.1 Å². The molecular formula is C10H13ClO3S. The van der Waals surface area contributed by atoms with Crippen LogP contribution >= 0.6 is 11.6 Å². The molecule has 0 amide bonds. The summed E-state index contributed by atoms with van der Waals surface area (Å²) in [5.41, 5.74) is 1.01. The molecule has 0 saturated heterocycles. The van der Waals surface area contributed by atoms with Gasteiger partial charge in [0.2, 0.25) is 0 Å². The van der Waals surface area contributed by atoms with Crippen molar-refractivity contribution < 1.29 is 13.0 Å². The van der Waals surface area contributed by atoms with Crippen LogP contribution in [0.3, 0.4) is 0 Å². The topological polar surface area (TPSA) is 54.4 Å². The van der Waals surface area contributed by atoms with E-state index in [1.165, 1.54) is 0 Å². The third-order valence-corrected chi connectivity index (χ3v) is 3.23. The molecule has 0 fully saturated rings. The first-order chi connectivity index (χ1) is 6.87. The Morgan fingerprint density at radius 2 is 1.87 bits per heavy atom. The Morgan fingerprint density at radius 1 is 1.33 bits per heavy atom. The van der Waals surface area contributed by atoms with Gasteiger partial charge in [-0.25, -0.2) is 0 Å². The van der Waals surface area contributed by atoms with E-state index in [4.69, 9.17) is 16.2 Å². The van der Waals surface area contributed by atoms with Gasteiger partial charge in [-0.05, 0) is 30.0 Å². The zero-order valence-corrected chi connectivity index (χ0v) is 9.92. The molecule has 3 nitrogen and oxygen atoms in total. The number of hydrogen-bond donors (Lipinski definition) is 1. The minimum Gasteiger partial charge on any atom is -0.286 e. The minimum absolute atomic E-state index is 0.110. The molecule has 0 aliphatic carbocycles. The van der Waals surface area contributed by atoms with Gasteiger partial charge in [0.15, 0.2) is 0 Å². The van der Waals surface area contributed by atoms with E-state index in [1.807, 2.05) is 12.1 Å². The van der Waals surface area contributed by atoms with Crippen molar-refractivity contribution in [1.29, 1.82) is 0 Å². The highest BCUT2D eigenvalue weighted by Crippen LogP contribution is 2.14. The SMILES string of the molecule is CC(Cc1ccc(Cl)cc1)CS(=O)(=O)O. The third-order valence-electron chi connectivity index (χ3n) is 1.99. The molecule has 0 aliphatic rings. The van der Waals surface area contributed by atoms with E-state index >= 15 is 0 Å². The largest absolute Gasteiger partial charge is 0.286 e. The fraction of sp³-hybridized carbons (Fsp3) is 0.400. The van der Waals surface area contributed by atoms with Gasteiger partial charge in [-0.3, -0.25) is 4.55 Å². The van der Waals surface area contributed by atoms with Gasteiger partial charge in [0, 0.05) is 5.02 Å². The quantitative estimate of drug-likeness (QED) is 0.833. The molecule has 0 saturated carbocycles. The van der Waals surface area contributed by atoms with Crippen LogP contribution in [0.25, 0.3) is 0 Å². The minimum atomic E-state index is -3.88. The summed E-state index contributed by atoms with van der Waals surface area (Å²) in [4.78, 5) is 0. The van der Waals surface area contributed by atoms with Gasteiger partial charge < -0.3 is 0 Å². The molecular weight excluding hydrogens is 236 g/mol. The lowest BCUT2D eigenvalue weighted by atomic mass is 10.0. The highest BCUT2D eigenvalue weighted by atomic mass is 35.5. The van der Waals surface area contributed by atoms with Crippen LogP contribution in [-0.4, -0.2) is 18.7 Å². The summed E-state index contributed by atoms with van der Waals surface area (Å²) >= 11 is 5.72. The first kappa shape index (κ1) is 12.5. The standard InChI is InChI=1S/C10H13ClO3S/c1-8(7-15(12,13)14)6-9-2-4-10(11)5-3-9/h2-5,8H,6-7H2,1H3,(H,12,13,14). The Kier molecular flexibility index (Phi) is 4.13. The molecule has 0 bridgehead atoms. The second kappa shape index (κ2) is 4.96. The molecule has 84 valence electrons. The van der Waals surface area contributed by atoms with E-state index in [0.717, 1.165) is 5.56 Å². The van der Waals surface area contributed by atoms with Crippen LogP contribution in [0.4, 0.5) is 0 Å². The smallest absolute Gasteiger partial charge is 0.265 e. The number of halogens is 1. The van der Waals surface area contributed by atoms with E-state index < -0.39 is 10.1 Å². The van der Waals surface area contributed by atoms with Gasteiger partial charge >= 0.3 is 0 Å². The van der Waals surface area contributed by atoms with Crippen molar-refractivity contribution in [3.05, 3.63) is 34.9 Å². The normalized spacial score (nSPS) is 13.8. The average molecular weight is 249 g/mol. The summed E-state index contributed by atoms with van der Waals surface area (Å²) in [5.74, 6) is -0.323. The lowest BCUT2D eigenvalue weighted by Crippen LogP contribution is -2.14. The number of hydrogen-bond acceptors (Lipinski definition) is 2. The van der Waals surface area contributed by atoms with Gasteiger partial charge in [0.05, 0.1) is 5.75 Å². The summed E-state index contributed by atoms with van der Waals surface area (Å²) in [7, 11) is -3.88. The molecule has 1 aromatic carbocycles. The van der Waals surface area contributed by atoms with Crippen LogP contribution < -0.4 is 0 Å². The molecule has 1 unspecified atom stereocenters. The van der Waals surface area contributed by atoms with E-state index in [2.05, 4.69) is 0 Å². The monoisotopic (exact) mass is 248 g/mol. The lowest BCUT2D eigenvalue weighted by molar-refractivity contribution is 0.469. The predicted octanol–water partition coefficient (Wildman–Crippen LogP) is 2.41. The number of benzene rings is 1. The second-order valence-corrected chi connectivity index (χ2v) is 5.62. The zero-order valence-electron chi connectivity index (χ0n) is 8.35. The van der Waals surface area contributed by atoms with Gasteiger partial charge in [-0.2, -0.15) is 8.42 Å². The molecule has 0 radical (unpaired) electrons. The van der Waals surface area contributed by atoms with Crippen LogP contribution in [0.1, 0.15) is 12.5 Å². The highest BCUT2D eigenvalue weighted by Gasteiger charge is 2.12. The van der Waals surface area contributed by atoms with Gasteiger partial charge in [-0.1, -0.05) is 30.7 Å².